The fourth-order valence-corrected chi connectivity index (χ4v) is 1.01. The minimum Gasteiger partial charge on any atom is -0.479 e. The van der Waals surface area contributed by atoms with Gasteiger partial charge in [0.15, 0.2) is 6.10 Å². The predicted octanol–water partition coefficient (Wildman–Crippen LogP) is 1.21. The smallest absolute Gasteiger partial charge is 0.346 e. The van der Waals surface area contributed by atoms with E-state index in [-0.39, 0.29) is 0 Å². The molecule has 0 aliphatic rings. The first kappa shape index (κ1) is 10.4. The predicted molar refractivity (Wildman–Crippen MR) is 53.0 cm³/mol. The average molecular weight is 195 g/mol. The normalized spacial score (nSPS) is 11.9. The molecule has 1 rings (SSSR count). The highest BCUT2D eigenvalue weighted by molar-refractivity contribution is 5.74. The molecule has 76 valence electrons. The van der Waals surface area contributed by atoms with Crippen LogP contribution in [0.25, 0.3) is 0 Å². The molecule has 4 nitrogen and oxygen atoms in total. The van der Waals surface area contributed by atoms with Gasteiger partial charge in [0, 0.05) is 11.8 Å². The van der Waals surface area contributed by atoms with Crippen LogP contribution in [0.1, 0.15) is 6.92 Å². The summed E-state index contributed by atoms with van der Waals surface area (Å²) in [6.45, 7) is 1.62. The van der Waals surface area contributed by atoms with E-state index in [4.69, 9.17) is 10.5 Å². The van der Waals surface area contributed by atoms with Crippen LogP contribution in [0, 0.1) is 0 Å². The van der Waals surface area contributed by atoms with Crippen molar-refractivity contribution in [3.8, 4) is 5.75 Å². The lowest BCUT2D eigenvalue weighted by Crippen LogP contribution is -2.24. The number of nitrogens with two attached hydrogens (primary N) is 1. The van der Waals surface area contributed by atoms with Gasteiger partial charge < -0.3 is 15.2 Å². The summed E-state index contributed by atoms with van der Waals surface area (Å²) < 4.78 is 9.81. The summed E-state index contributed by atoms with van der Waals surface area (Å²) >= 11 is 0. The lowest BCUT2D eigenvalue weighted by atomic mass is 10.3. The van der Waals surface area contributed by atoms with Gasteiger partial charge in [-0.05, 0) is 19.1 Å². The van der Waals surface area contributed by atoms with Crippen LogP contribution >= 0.6 is 0 Å². The topological polar surface area (TPSA) is 61.5 Å². The number of anilines is 1. The molecule has 0 heterocycles. The number of nitrogen functional groups attached to an aromatic ring is 1. The van der Waals surface area contributed by atoms with Gasteiger partial charge in [-0.15, -0.1) is 0 Å². The molecule has 0 saturated heterocycles. The van der Waals surface area contributed by atoms with E-state index in [9.17, 15) is 4.79 Å². The first-order valence-electron chi connectivity index (χ1n) is 4.23. The molecule has 0 spiro atoms. The molecule has 14 heavy (non-hydrogen) atoms. The minimum atomic E-state index is -0.623. The lowest BCUT2D eigenvalue weighted by Gasteiger charge is -2.12. The van der Waals surface area contributed by atoms with E-state index in [0.29, 0.717) is 11.4 Å². The first-order valence-corrected chi connectivity index (χ1v) is 4.23. The van der Waals surface area contributed by atoms with E-state index < -0.39 is 12.1 Å². The summed E-state index contributed by atoms with van der Waals surface area (Å²) in [6.07, 6.45) is -0.623. The molecule has 4 heteroatoms. The second-order valence-corrected chi connectivity index (χ2v) is 2.86. The molecular formula is C10H13NO3. The Balaban J connectivity index is 2.64. The Morgan fingerprint density at radius 1 is 1.50 bits per heavy atom. The third-order valence-corrected chi connectivity index (χ3v) is 1.70. The van der Waals surface area contributed by atoms with Crippen molar-refractivity contribution in [3.05, 3.63) is 24.3 Å². The summed E-state index contributed by atoms with van der Waals surface area (Å²) in [4.78, 5) is 11.0. The van der Waals surface area contributed by atoms with Gasteiger partial charge in [-0.3, -0.25) is 0 Å². The van der Waals surface area contributed by atoms with Crippen molar-refractivity contribution < 1.29 is 14.3 Å². The van der Waals surface area contributed by atoms with Crippen LogP contribution in [-0.4, -0.2) is 19.2 Å². The molecule has 0 amide bonds. The third-order valence-electron chi connectivity index (χ3n) is 1.70. The van der Waals surface area contributed by atoms with Crippen LogP contribution in [0.15, 0.2) is 24.3 Å². The molecule has 0 fully saturated rings. The number of hydrogen-bond acceptors (Lipinski definition) is 4. The Morgan fingerprint density at radius 3 is 2.79 bits per heavy atom. The number of ether oxygens (including phenoxy) is 2. The maximum atomic E-state index is 11.0. The van der Waals surface area contributed by atoms with Crippen molar-refractivity contribution in [2.75, 3.05) is 12.8 Å². The Morgan fingerprint density at radius 2 is 2.21 bits per heavy atom. The second kappa shape index (κ2) is 4.50. The van der Waals surface area contributed by atoms with Crippen LogP contribution in [0.4, 0.5) is 5.69 Å². The van der Waals surface area contributed by atoms with Crippen molar-refractivity contribution in [2.45, 2.75) is 13.0 Å². The molecule has 0 bridgehead atoms. The van der Waals surface area contributed by atoms with Crippen LogP contribution in [0.2, 0.25) is 0 Å². The number of carbonyl (C=O) groups excluding carboxylic acids is 1. The van der Waals surface area contributed by atoms with Gasteiger partial charge in [0.1, 0.15) is 5.75 Å². The molecule has 1 unspecified atom stereocenters. The number of esters is 1. The standard InChI is InChI=1S/C10H13NO3/c1-7(10(12)13-2)14-9-5-3-4-8(11)6-9/h3-7H,11H2,1-2H3. The van der Waals surface area contributed by atoms with Crippen LogP contribution < -0.4 is 10.5 Å². The molecule has 1 atom stereocenters. The maximum absolute atomic E-state index is 11.0. The Bertz CT molecular complexity index is 325. The average Bonchev–Trinajstić information content (AvgIpc) is 2.16. The zero-order valence-corrected chi connectivity index (χ0v) is 8.19. The molecule has 0 aliphatic heterocycles. The van der Waals surface area contributed by atoms with Crippen LogP contribution in [0.3, 0.4) is 0 Å². The van der Waals surface area contributed by atoms with Crippen molar-refractivity contribution in [3.63, 3.8) is 0 Å². The highest BCUT2D eigenvalue weighted by Crippen LogP contribution is 2.16. The maximum Gasteiger partial charge on any atom is 0.346 e. The van der Waals surface area contributed by atoms with Gasteiger partial charge >= 0.3 is 5.97 Å². The highest BCUT2D eigenvalue weighted by atomic mass is 16.6. The van der Waals surface area contributed by atoms with Gasteiger partial charge in [-0.1, -0.05) is 6.07 Å². The summed E-state index contributed by atoms with van der Waals surface area (Å²) in [5.74, 6) is 0.148. The summed E-state index contributed by atoms with van der Waals surface area (Å²) in [5.41, 5.74) is 6.14. The second-order valence-electron chi connectivity index (χ2n) is 2.86. The fourth-order valence-electron chi connectivity index (χ4n) is 1.01. The largest absolute Gasteiger partial charge is 0.479 e. The van der Waals surface area contributed by atoms with Gasteiger partial charge in [0.05, 0.1) is 7.11 Å². The third kappa shape index (κ3) is 2.65. The highest BCUT2D eigenvalue weighted by Gasteiger charge is 2.14. The first-order chi connectivity index (χ1) is 6.63. The minimum absolute atomic E-state index is 0.410. The number of hydrogen-bond donors (Lipinski definition) is 1. The van der Waals surface area contributed by atoms with Crippen molar-refractivity contribution in [1.82, 2.24) is 0 Å². The van der Waals surface area contributed by atoms with Crippen LogP contribution in [0.5, 0.6) is 5.75 Å². The Hall–Kier alpha value is -1.71. The van der Waals surface area contributed by atoms with E-state index in [2.05, 4.69) is 4.74 Å². The summed E-state index contributed by atoms with van der Waals surface area (Å²) in [7, 11) is 1.32. The Labute approximate surface area is 82.6 Å². The van der Waals surface area contributed by atoms with E-state index in [0.717, 1.165) is 0 Å². The van der Waals surface area contributed by atoms with Crippen molar-refractivity contribution in [1.29, 1.82) is 0 Å². The SMILES string of the molecule is COC(=O)C(C)Oc1cccc(N)c1. The molecule has 0 aliphatic carbocycles. The van der Waals surface area contributed by atoms with E-state index in [1.54, 1.807) is 31.2 Å². The number of methoxy groups -OCH3 is 1. The van der Waals surface area contributed by atoms with E-state index >= 15 is 0 Å². The molecular weight excluding hydrogens is 182 g/mol. The van der Waals surface area contributed by atoms with Gasteiger partial charge in [-0.25, -0.2) is 4.79 Å². The quantitative estimate of drug-likeness (QED) is 0.581. The zero-order valence-electron chi connectivity index (χ0n) is 8.19. The zero-order chi connectivity index (χ0) is 10.6. The molecule has 1 aromatic carbocycles. The van der Waals surface area contributed by atoms with Crippen molar-refractivity contribution >= 4 is 11.7 Å². The molecule has 0 saturated carbocycles. The summed E-state index contributed by atoms with van der Waals surface area (Å²) in [6, 6.07) is 6.89. The Kier molecular flexibility index (Phi) is 3.34. The lowest BCUT2D eigenvalue weighted by molar-refractivity contribution is -0.147. The van der Waals surface area contributed by atoms with E-state index in [1.807, 2.05) is 0 Å². The molecule has 2 N–H and O–H groups in total. The number of benzene rings is 1. The number of rotatable bonds is 3. The van der Waals surface area contributed by atoms with Gasteiger partial charge in [0.25, 0.3) is 0 Å². The van der Waals surface area contributed by atoms with E-state index in [1.165, 1.54) is 7.11 Å². The monoisotopic (exact) mass is 195 g/mol. The van der Waals surface area contributed by atoms with Gasteiger partial charge in [-0.2, -0.15) is 0 Å². The van der Waals surface area contributed by atoms with Crippen molar-refractivity contribution in [2.24, 2.45) is 0 Å². The summed E-state index contributed by atoms with van der Waals surface area (Å²) in [5, 5.41) is 0. The molecule has 0 radical (unpaired) electrons. The number of carbonyl (C=O) groups is 1. The van der Waals surface area contributed by atoms with Crippen LogP contribution in [-0.2, 0) is 9.53 Å². The molecule has 1 aromatic rings. The van der Waals surface area contributed by atoms with Gasteiger partial charge in [0.2, 0.25) is 0 Å². The fraction of sp³-hybridized carbons (Fsp3) is 0.300. The molecule has 0 aromatic heterocycles.